The van der Waals surface area contributed by atoms with Crippen LogP contribution in [-0.2, 0) is 19.5 Å². The maximum absolute atomic E-state index is 12.6. The fourth-order valence-corrected chi connectivity index (χ4v) is 4.33. The van der Waals surface area contributed by atoms with Gasteiger partial charge in [0.15, 0.2) is 0 Å². The summed E-state index contributed by atoms with van der Waals surface area (Å²) in [5.74, 6) is -0.290. The highest BCUT2D eigenvalue weighted by Gasteiger charge is 2.19. The molecule has 1 aromatic carbocycles. The van der Waals surface area contributed by atoms with Gasteiger partial charge in [0.05, 0.1) is 12.3 Å². The van der Waals surface area contributed by atoms with Crippen molar-refractivity contribution in [1.82, 2.24) is 29.4 Å². The first-order valence-electron chi connectivity index (χ1n) is 11.4. The zero-order chi connectivity index (χ0) is 22.8. The highest BCUT2D eigenvalue weighted by atomic mass is 16.3. The maximum atomic E-state index is 12.6. The lowest BCUT2D eigenvalue weighted by atomic mass is 10.00. The number of benzene rings is 1. The minimum Gasteiger partial charge on any atom is -0.390 e. The number of β-amino-alcohol motifs (C(OH)–C–C–N with tert-alkyl or cyclic N) is 1. The van der Waals surface area contributed by atoms with Crippen molar-refractivity contribution < 1.29 is 9.90 Å². The molecule has 4 heterocycles. The van der Waals surface area contributed by atoms with E-state index >= 15 is 0 Å². The van der Waals surface area contributed by atoms with Crippen molar-refractivity contribution in [3.05, 3.63) is 78.0 Å². The Morgan fingerprint density at radius 1 is 1.12 bits per heavy atom. The first kappa shape index (κ1) is 21.4. The summed E-state index contributed by atoms with van der Waals surface area (Å²) in [5, 5.41) is 17.6. The summed E-state index contributed by atoms with van der Waals surface area (Å²) < 4.78 is 3.72. The number of aliphatic hydroxyl groups is 1. The zero-order valence-corrected chi connectivity index (χ0v) is 18.7. The van der Waals surface area contributed by atoms with Gasteiger partial charge in [-0.2, -0.15) is 5.10 Å². The molecule has 0 fully saturated rings. The lowest BCUT2D eigenvalue weighted by Crippen LogP contribution is -2.42. The third kappa shape index (κ3) is 4.67. The molecular formula is C25H28N6O2. The summed E-state index contributed by atoms with van der Waals surface area (Å²) in [7, 11) is 0. The first-order valence-corrected chi connectivity index (χ1v) is 11.4. The number of nitrogens with zero attached hydrogens (tertiary/aromatic N) is 5. The Morgan fingerprint density at radius 2 is 1.97 bits per heavy atom. The molecule has 1 amide bonds. The molecule has 0 bridgehead atoms. The first-order chi connectivity index (χ1) is 16.1. The summed E-state index contributed by atoms with van der Waals surface area (Å²) in [6.45, 7) is 5.31. The average molecular weight is 445 g/mol. The minimum absolute atomic E-state index is 0.187. The van der Waals surface area contributed by atoms with Crippen LogP contribution >= 0.6 is 0 Å². The fraction of sp³-hybridized carbons (Fsp3) is 0.320. The quantitative estimate of drug-likeness (QED) is 0.457. The van der Waals surface area contributed by atoms with Crippen LogP contribution in [0, 0.1) is 0 Å². The number of carbonyl (C=O) groups is 1. The van der Waals surface area contributed by atoms with E-state index in [1.165, 1.54) is 11.1 Å². The van der Waals surface area contributed by atoms with Crippen molar-refractivity contribution in [2.24, 2.45) is 0 Å². The standard InChI is InChI=1S/C25H28N6O2/c1-2-31-15-21(11-27-31)20-7-8-24-28-23(17-30(24)14-20)25(33)26-12-22(32)16-29-10-9-18-5-3-4-6-19(18)13-29/h3-8,11,14-15,17,22,32H,2,9-10,12-13,16H2,1H3,(H,26,33). The Labute approximate surface area is 192 Å². The molecule has 0 saturated heterocycles. The second kappa shape index (κ2) is 9.17. The van der Waals surface area contributed by atoms with Crippen molar-refractivity contribution >= 4 is 11.6 Å². The molecule has 0 saturated carbocycles. The van der Waals surface area contributed by atoms with Crippen molar-refractivity contribution in [1.29, 1.82) is 0 Å². The molecule has 1 aliphatic rings. The van der Waals surface area contributed by atoms with Crippen molar-refractivity contribution in [3.63, 3.8) is 0 Å². The molecule has 170 valence electrons. The SMILES string of the molecule is CCn1cc(-c2ccc3nc(C(=O)NCC(O)CN4CCc5ccccc5C4)cn3c2)cn1. The number of amides is 1. The van der Waals surface area contributed by atoms with Crippen LogP contribution in [0.1, 0.15) is 28.5 Å². The fourth-order valence-electron chi connectivity index (χ4n) is 4.33. The van der Waals surface area contributed by atoms with Crippen LogP contribution in [0.15, 0.2) is 61.2 Å². The third-order valence-electron chi connectivity index (χ3n) is 6.15. The molecule has 3 aromatic heterocycles. The van der Waals surface area contributed by atoms with E-state index in [9.17, 15) is 9.90 Å². The zero-order valence-electron chi connectivity index (χ0n) is 18.7. The summed E-state index contributed by atoms with van der Waals surface area (Å²) in [6.07, 6.45) is 7.83. The van der Waals surface area contributed by atoms with Crippen LogP contribution in [0.2, 0.25) is 0 Å². The van der Waals surface area contributed by atoms with E-state index < -0.39 is 6.10 Å². The molecule has 0 aliphatic carbocycles. The van der Waals surface area contributed by atoms with E-state index in [2.05, 4.69) is 44.6 Å². The largest absolute Gasteiger partial charge is 0.390 e. The molecule has 0 radical (unpaired) electrons. The molecule has 33 heavy (non-hydrogen) atoms. The lowest BCUT2D eigenvalue weighted by molar-refractivity contribution is 0.0838. The van der Waals surface area contributed by atoms with Crippen LogP contribution in [0.3, 0.4) is 0 Å². The number of hydrogen-bond acceptors (Lipinski definition) is 5. The van der Waals surface area contributed by atoms with E-state index in [0.717, 1.165) is 37.2 Å². The van der Waals surface area contributed by atoms with Gasteiger partial charge < -0.3 is 14.8 Å². The van der Waals surface area contributed by atoms with Gasteiger partial charge in [0.25, 0.3) is 5.91 Å². The van der Waals surface area contributed by atoms with Crippen molar-refractivity contribution in [3.8, 4) is 11.1 Å². The monoisotopic (exact) mass is 444 g/mol. The van der Waals surface area contributed by atoms with Gasteiger partial charge in [0.1, 0.15) is 11.3 Å². The van der Waals surface area contributed by atoms with Gasteiger partial charge in [-0.3, -0.25) is 14.4 Å². The number of carbonyl (C=O) groups excluding carboxylic acids is 1. The highest BCUT2D eigenvalue weighted by Crippen LogP contribution is 2.20. The van der Waals surface area contributed by atoms with Crippen molar-refractivity contribution in [2.75, 3.05) is 19.6 Å². The number of rotatable bonds is 7. The Balaban J connectivity index is 1.18. The number of hydrogen-bond donors (Lipinski definition) is 2. The molecule has 5 rings (SSSR count). The Hall–Kier alpha value is -3.49. The summed E-state index contributed by atoms with van der Waals surface area (Å²) in [4.78, 5) is 19.3. The summed E-state index contributed by atoms with van der Waals surface area (Å²) in [5.41, 5.74) is 5.73. The Morgan fingerprint density at radius 3 is 2.79 bits per heavy atom. The van der Waals surface area contributed by atoms with E-state index in [4.69, 9.17) is 0 Å². The molecule has 1 atom stereocenters. The van der Waals surface area contributed by atoms with Gasteiger partial charge in [-0.15, -0.1) is 0 Å². The summed E-state index contributed by atoms with van der Waals surface area (Å²) >= 11 is 0. The van der Waals surface area contributed by atoms with Gasteiger partial charge in [0.2, 0.25) is 0 Å². The average Bonchev–Trinajstić information content (AvgIpc) is 3.49. The second-order valence-corrected chi connectivity index (χ2v) is 8.51. The lowest BCUT2D eigenvalue weighted by Gasteiger charge is -2.30. The Kier molecular flexibility index (Phi) is 5.93. The smallest absolute Gasteiger partial charge is 0.271 e. The van der Waals surface area contributed by atoms with E-state index in [0.29, 0.717) is 17.9 Å². The molecule has 0 spiro atoms. The topological polar surface area (TPSA) is 87.7 Å². The number of pyridine rings is 1. The van der Waals surface area contributed by atoms with E-state index in [-0.39, 0.29) is 12.5 Å². The van der Waals surface area contributed by atoms with Crippen molar-refractivity contribution in [2.45, 2.75) is 32.5 Å². The molecule has 2 N–H and O–H groups in total. The summed E-state index contributed by atoms with van der Waals surface area (Å²) in [6, 6.07) is 12.3. The molecule has 1 aliphatic heterocycles. The predicted octanol–water partition coefficient (Wildman–Crippen LogP) is 2.37. The minimum atomic E-state index is -0.641. The molecular weight excluding hydrogens is 416 g/mol. The van der Waals surface area contributed by atoms with E-state index in [1.54, 1.807) is 6.20 Å². The van der Waals surface area contributed by atoms with Gasteiger partial charge in [0, 0.05) is 62.4 Å². The van der Waals surface area contributed by atoms with Crippen LogP contribution in [0.5, 0.6) is 0 Å². The third-order valence-corrected chi connectivity index (χ3v) is 6.15. The Bertz CT molecular complexity index is 1280. The van der Waals surface area contributed by atoms with Crippen LogP contribution in [0.25, 0.3) is 16.8 Å². The van der Waals surface area contributed by atoms with Gasteiger partial charge >= 0.3 is 0 Å². The van der Waals surface area contributed by atoms with Crippen LogP contribution in [0.4, 0.5) is 0 Å². The van der Waals surface area contributed by atoms with Crippen LogP contribution < -0.4 is 5.32 Å². The maximum Gasteiger partial charge on any atom is 0.271 e. The number of aryl methyl sites for hydroxylation is 1. The molecule has 1 unspecified atom stereocenters. The predicted molar refractivity (Wildman–Crippen MR) is 126 cm³/mol. The number of fused-ring (bicyclic) bond motifs is 2. The van der Waals surface area contributed by atoms with Gasteiger partial charge in [-0.25, -0.2) is 4.98 Å². The molecule has 4 aromatic rings. The van der Waals surface area contributed by atoms with E-state index in [1.807, 2.05) is 46.7 Å². The number of imidazole rings is 1. The number of aromatic nitrogens is 4. The second-order valence-electron chi connectivity index (χ2n) is 8.51. The van der Waals surface area contributed by atoms with Crippen LogP contribution in [-0.4, -0.2) is 60.8 Å². The molecule has 8 nitrogen and oxygen atoms in total. The van der Waals surface area contributed by atoms with Gasteiger partial charge in [-0.05, 0) is 36.6 Å². The number of aliphatic hydroxyl groups excluding tert-OH is 1. The number of nitrogens with one attached hydrogen (secondary N) is 1. The highest BCUT2D eigenvalue weighted by molar-refractivity contribution is 5.92. The van der Waals surface area contributed by atoms with Gasteiger partial charge in [-0.1, -0.05) is 24.3 Å². The molecule has 8 heteroatoms. The normalized spacial score (nSPS) is 14.8.